The van der Waals surface area contributed by atoms with Crippen molar-refractivity contribution in [2.24, 2.45) is 0 Å². The summed E-state index contributed by atoms with van der Waals surface area (Å²) in [6.07, 6.45) is 0. The molecule has 28 heavy (non-hydrogen) atoms. The first-order chi connectivity index (χ1) is 13.5. The second-order valence-corrected chi connectivity index (χ2v) is 6.18. The molecule has 0 spiro atoms. The summed E-state index contributed by atoms with van der Waals surface area (Å²) in [5, 5.41) is 6.90. The summed E-state index contributed by atoms with van der Waals surface area (Å²) in [7, 11) is 1.29. The number of nitrogens with one attached hydrogen (secondary N) is 1. The number of aromatic nitrogens is 2. The van der Waals surface area contributed by atoms with Crippen LogP contribution in [0.5, 0.6) is 0 Å². The number of ether oxygens (including phenoxy) is 1. The van der Waals surface area contributed by atoms with Crippen LogP contribution in [0.15, 0.2) is 65.5 Å². The Morgan fingerprint density at radius 2 is 1.82 bits per heavy atom. The Balaban J connectivity index is 1.84. The molecule has 1 heterocycles. The van der Waals surface area contributed by atoms with Crippen molar-refractivity contribution in [3.63, 3.8) is 0 Å². The highest BCUT2D eigenvalue weighted by atomic mass is 16.5. The first-order valence-corrected chi connectivity index (χ1v) is 8.60. The van der Waals surface area contributed by atoms with Gasteiger partial charge in [0.2, 0.25) is 0 Å². The van der Waals surface area contributed by atoms with Gasteiger partial charge in [-0.15, -0.1) is 0 Å². The van der Waals surface area contributed by atoms with E-state index in [1.807, 2.05) is 30.3 Å². The minimum Gasteiger partial charge on any atom is -0.465 e. The first kappa shape index (κ1) is 19.0. The molecule has 0 aliphatic heterocycles. The largest absolute Gasteiger partial charge is 0.465 e. The van der Waals surface area contributed by atoms with Gasteiger partial charge in [-0.3, -0.25) is 9.59 Å². The number of methoxy groups -OCH3 is 1. The van der Waals surface area contributed by atoms with Crippen molar-refractivity contribution in [3.8, 4) is 0 Å². The molecule has 0 saturated heterocycles. The Morgan fingerprint density at radius 3 is 2.54 bits per heavy atom. The number of benzene rings is 2. The Morgan fingerprint density at radius 1 is 1.07 bits per heavy atom. The van der Waals surface area contributed by atoms with Gasteiger partial charge >= 0.3 is 5.97 Å². The van der Waals surface area contributed by atoms with Crippen molar-refractivity contribution in [2.45, 2.75) is 13.5 Å². The zero-order chi connectivity index (χ0) is 20.1. The average Bonchev–Trinajstić information content (AvgIpc) is 2.71. The number of rotatable bonds is 5. The minimum absolute atomic E-state index is 0.0957. The summed E-state index contributed by atoms with van der Waals surface area (Å²) >= 11 is 0. The molecule has 3 aromatic rings. The second kappa shape index (κ2) is 8.30. The van der Waals surface area contributed by atoms with Crippen LogP contribution in [0.4, 0.5) is 5.69 Å². The Kier molecular flexibility index (Phi) is 5.64. The highest BCUT2D eigenvalue weighted by Gasteiger charge is 2.14. The fourth-order valence-corrected chi connectivity index (χ4v) is 2.63. The standard InChI is InChI=1S/C21H19N3O4/c1-14-8-9-16(21(27)28-2)12-18(14)22-20(26)17-10-11-19(25)24(23-17)13-15-6-4-3-5-7-15/h3-12H,13H2,1-2H3,(H,22,26). The molecule has 3 rings (SSSR count). The molecule has 0 saturated carbocycles. The second-order valence-electron chi connectivity index (χ2n) is 6.18. The lowest BCUT2D eigenvalue weighted by molar-refractivity contribution is 0.0600. The van der Waals surface area contributed by atoms with Gasteiger partial charge in [0.1, 0.15) is 5.69 Å². The third kappa shape index (κ3) is 4.32. The fourth-order valence-electron chi connectivity index (χ4n) is 2.63. The predicted octanol–water partition coefficient (Wildman–Crippen LogP) is 2.64. The van der Waals surface area contributed by atoms with Gasteiger partial charge < -0.3 is 10.1 Å². The van der Waals surface area contributed by atoms with Gasteiger partial charge in [0.25, 0.3) is 11.5 Å². The maximum Gasteiger partial charge on any atom is 0.337 e. The van der Waals surface area contributed by atoms with E-state index in [2.05, 4.69) is 10.4 Å². The molecule has 1 aromatic heterocycles. The van der Waals surface area contributed by atoms with Gasteiger partial charge in [0.05, 0.1) is 19.2 Å². The lowest BCUT2D eigenvalue weighted by Crippen LogP contribution is -2.26. The number of carbonyl (C=O) groups excluding carboxylic acids is 2. The van der Waals surface area contributed by atoms with Crippen LogP contribution in [0.25, 0.3) is 0 Å². The number of hydrogen-bond donors (Lipinski definition) is 1. The number of hydrogen-bond acceptors (Lipinski definition) is 5. The van der Waals surface area contributed by atoms with Crippen molar-refractivity contribution in [1.29, 1.82) is 0 Å². The van der Waals surface area contributed by atoms with Crippen LogP contribution >= 0.6 is 0 Å². The average molecular weight is 377 g/mol. The van der Waals surface area contributed by atoms with E-state index in [1.54, 1.807) is 25.1 Å². The predicted molar refractivity (Wildman–Crippen MR) is 105 cm³/mol. The van der Waals surface area contributed by atoms with Crippen LogP contribution in [-0.4, -0.2) is 28.8 Å². The zero-order valence-electron chi connectivity index (χ0n) is 15.5. The van der Waals surface area contributed by atoms with E-state index >= 15 is 0 Å². The molecular weight excluding hydrogens is 358 g/mol. The summed E-state index contributed by atoms with van der Waals surface area (Å²) in [6, 6.07) is 16.9. The van der Waals surface area contributed by atoms with E-state index in [-0.39, 0.29) is 17.8 Å². The molecule has 0 bridgehead atoms. The van der Waals surface area contributed by atoms with Crippen LogP contribution in [0.2, 0.25) is 0 Å². The number of esters is 1. The molecule has 1 amide bonds. The highest BCUT2D eigenvalue weighted by molar-refractivity contribution is 6.04. The van der Waals surface area contributed by atoms with E-state index < -0.39 is 11.9 Å². The Labute approximate surface area is 161 Å². The van der Waals surface area contributed by atoms with Crippen molar-refractivity contribution in [1.82, 2.24) is 9.78 Å². The molecule has 0 aliphatic rings. The SMILES string of the molecule is COC(=O)c1ccc(C)c(NC(=O)c2ccc(=O)n(Cc3ccccc3)n2)c1. The smallest absolute Gasteiger partial charge is 0.337 e. The topological polar surface area (TPSA) is 90.3 Å². The third-order valence-corrected chi connectivity index (χ3v) is 4.18. The number of nitrogens with zero attached hydrogens (tertiary/aromatic N) is 2. The molecule has 0 atom stereocenters. The molecule has 142 valence electrons. The minimum atomic E-state index is -0.495. The Bertz CT molecular complexity index is 1070. The van der Waals surface area contributed by atoms with Gasteiger partial charge in [0.15, 0.2) is 0 Å². The summed E-state index contributed by atoms with van der Waals surface area (Å²) in [5.41, 5.74) is 2.26. The van der Waals surface area contributed by atoms with Gasteiger partial charge in [-0.2, -0.15) is 5.10 Å². The first-order valence-electron chi connectivity index (χ1n) is 8.60. The summed E-state index contributed by atoms with van der Waals surface area (Å²) in [5.74, 6) is -0.975. The van der Waals surface area contributed by atoms with Gasteiger partial charge in [0, 0.05) is 11.8 Å². The molecule has 1 N–H and O–H groups in total. The molecule has 2 aromatic carbocycles. The lowest BCUT2D eigenvalue weighted by Gasteiger charge is -2.11. The van der Waals surface area contributed by atoms with Gasteiger partial charge in [-0.25, -0.2) is 9.48 Å². The summed E-state index contributed by atoms with van der Waals surface area (Å²) < 4.78 is 5.94. The maximum absolute atomic E-state index is 12.6. The number of carbonyl (C=O) groups is 2. The van der Waals surface area contributed by atoms with Crippen molar-refractivity contribution in [3.05, 3.63) is 93.4 Å². The van der Waals surface area contributed by atoms with Crippen LogP contribution in [0.3, 0.4) is 0 Å². The van der Waals surface area contributed by atoms with Crippen molar-refractivity contribution in [2.75, 3.05) is 12.4 Å². The Hall–Kier alpha value is -3.74. The van der Waals surface area contributed by atoms with E-state index in [0.29, 0.717) is 11.3 Å². The zero-order valence-corrected chi connectivity index (χ0v) is 15.5. The van der Waals surface area contributed by atoms with E-state index in [1.165, 1.54) is 23.9 Å². The van der Waals surface area contributed by atoms with Crippen LogP contribution < -0.4 is 10.9 Å². The molecule has 7 nitrogen and oxygen atoms in total. The van der Waals surface area contributed by atoms with E-state index in [0.717, 1.165) is 11.1 Å². The highest BCUT2D eigenvalue weighted by Crippen LogP contribution is 2.18. The maximum atomic E-state index is 12.6. The van der Waals surface area contributed by atoms with Crippen LogP contribution in [-0.2, 0) is 11.3 Å². The molecule has 7 heteroatoms. The number of amides is 1. The van der Waals surface area contributed by atoms with Crippen molar-refractivity contribution < 1.29 is 14.3 Å². The molecule has 0 radical (unpaired) electrons. The normalized spacial score (nSPS) is 10.4. The van der Waals surface area contributed by atoms with Gasteiger partial charge in [-0.1, -0.05) is 36.4 Å². The number of aryl methyl sites for hydroxylation is 1. The quantitative estimate of drug-likeness (QED) is 0.691. The number of anilines is 1. The van der Waals surface area contributed by atoms with Crippen LogP contribution in [0, 0.1) is 6.92 Å². The monoisotopic (exact) mass is 377 g/mol. The lowest BCUT2D eigenvalue weighted by atomic mass is 10.1. The molecule has 0 fully saturated rings. The van der Waals surface area contributed by atoms with Crippen molar-refractivity contribution >= 4 is 17.6 Å². The van der Waals surface area contributed by atoms with E-state index in [4.69, 9.17) is 4.74 Å². The molecular formula is C21H19N3O4. The summed E-state index contributed by atoms with van der Waals surface area (Å²) in [4.78, 5) is 36.4. The molecule has 0 unspecified atom stereocenters. The fraction of sp³-hybridized carbons (Fsp3) is 0.143. The molecule has 0 aliphatic carbocycles. The third-order valence-electron chi connectivity index (χ3n) is 4.18. The van der Waals surface area contributed by atoms with Gasteiger partial charge in [-0.05, 0) is 36.2 Å². The summed E-state index contributed by atoms with van der Waals surface area (Å²) in [6.45, 7) is 2.07. The van der Waals surface area contributed by atoms with E-state index in [9.17, 15) is 14.4 Å². The van der Waals surface area contributed by atoms with Crippen LogP contribution in [0.1, 0.15) is 32.0 Å².